The molecule has 0 spiro atoms. The van der Waals surface area contributed by atoms with Crippen molar-refractivity contribution in [2.24, 2.45) is 0 Å². The van der Waals surface area contributed by atoms with Gasteiger partial charge in [0.2, 0.25) is 5.91 Å². The molecular formula is C17H16ClN3O4. The minimum atomic E-state index is -0.584. The molecule has 8 heteroatoms. The van der Waals surface area contributed by atoms with Gasteiger partial charge in [-0.2, -0.15) is 0 Å². The minimum absolute atomic E-state index is 0.126. The third-order valence-electron chi connectivity index (χ3n) is 3.35. The molecule has 0 unspecified atom stereocenters. The molecule has 0 aliphatic rings. The van der Waals surface area contributed by atoms with Gasteiger partial charge in [-0.3, -0.25) is 19.7 Å². The molecule has 0 heterocycles. The Morgan fingerprint density at radius 3 is 2.56 bits per heavy atom. The second-order valence-corrected chi connectivity index (χ2v) is 5.66. The maximum absolute atomic E-state index is 11.9. The second kappa shape index (κ2) is 8.79. The van der Waals surface area contributed by atoms with Gasteiger partial charge >= 0.3 is 0 Å². The van der Waals surface area contributed by atoms with Crippen LogP contribution in [0.3, 0.4) is 0 Å². The van der Waals surface area contributed by atoms with Crippen molar-refractivity contribution in [2.45, 2.75) is 6.42 Å². The van der Waals surface area contributed by atoms with Gasteiger partial charge < -0.3 is 10.6 Å². The average molecular weight is 362 g/mol. The second-order valence-electron chi connectivity index (χ2n) is 5.22. The number of amides is 2. The summed E-state index contributed by atoms with van der Waals surface area (Å²) in [4.78, 5) is 33.8. The van der Waals surface area contributed by atoms with Gasteiger partial charge in [0.05, 0.1) is 11.5 Å². The lowest BCUT2D eigenvalue weighted by molar-refractivity contribution is -0.384. The largest absolute Gasteiger partial charge is 0.354 e. The van der Waals surface area contributed by atoms with Crippen LogP contribution in [0, 0.1) is 10.1 Å². The van der Waals surface area contributed by atoms with Gasteiger partial charge in [-0.25, -0.2) is 0 Å². The molecule has 2 aromatic carbocycles. The fourth-order valence-electron chi connectivity index (χ4n) is 2.12. The van der Waals surface area contributed by atoms with E-state index in [4.69, 9.17) is 11.6 Å². The lowest BCUT2D eigenvalue weighted by atomic mass is 10.1. The van der Waals surface area contributed by atoms with E-state index >= 15 is 0 Å². The molecular weight excluding hydrogens is 346 g/mol. The highest BCUT2D eigenvalue weighted by molar-refractivity contribution is 6.30. The highest BCUT2D eigenvalue weighted by atomic mass is 35.5. The summed E-state index contributed by atoms with van der Waals surface area (Å²) in [7, 11) is 0. The van der Waals surface area contributed by atoms with Crippen molar-refractivity contribution in [3.8, 4) is 0 Å². The van der Waals surface area contributed by atoms with E-state index in [1.807, 2.05) is 18.2 Å². The zero-order valence-electron chi connectivity index (χ0n) is 13.2. The van der Waals surface area contributed by atoms with Crippen LogP contribution in [0.25, 0.3) is 0 Å². The number of nitrogens with zero attached hydrogens (tertiary/aromatic N) is 1. The van der Waals surface area contributed by atoms with Crippen LogP contribution in [0.15, 0.2) is 48.5 Å². The summed E-state index contributed by atoms with van der Waals surface area (Å²) < 4.78 is 0. The van der Waals surface area contributed by atoms with E-state index < -0.39 is 10.8 Å². The first-order chi connectivity index (χ1) is 12.0. The van der Waals surface area contributed by atoms with Crippen LogP contribution in [0.2, 0.25) is 5.02 Å². The Morgan fingerprint density at radius 1 is 1.08 bits per heavy atom. The number of benzene rings is 2. The van der Waals surface area contributed by atoms with E-state index in [0.29, 0.717) is 18.0 Å². The van der Waals surface area contributed by atoms with Crippen molar-refractivity contribution in [1.29, 1.82) is 0 Å². The van der Waals surface area contributed by atoms with Crippen molar-refractivity contribution in [2.75, 3.05) is 13.1 Å². The molecule has 7 nitrogen and oxygen atoms in total. The van der Waals surface area contributed by atoms with Crippen LogP contribution in [0.4, 0.5) is 5.69 Å². The topological polar surface area (TPSA) is 101 Å². The smallest absolute Gasteiger partial charge is 0.270 e. The van der Waals surface area contributed by atoms with Crippen molar-refractivity contribution in [3.05, 3.63) is 74.8 Å². The normalized spacial score (nSPS) is 10.1. The van der Waals surface area contributed by atoms with Gasteiger partial charge in [-0.05, 0) is 30.2 Å². The molecule has 2 aromatic rings. The first-order valence-electron chi connectivity index (χ1n) is 7.49. The van der Waals surface area contributed by atoms with Crippen LogP contribution >= 0.6 is 11.6 Å². The maximum atomic E-state index is 11.9. The summed E-state index contributed by atoms with van der Waals surface area (Å²) in [6, 6.07) is 12.6. The third kappa shape index (κ3) is 5.89. The molecule has 0 bridgehead atoms. The number of halogens is 1. The standard InChI is InChI=1S/C17H16ClN3O4/c18-14-5-1-3-12(9-14)7-8-19-16(22)11-20-17(23)13-4-2-6-15(10-13)21(24)25/h1-6,9-10H,7-8,11H2,(H,19,22)(H,20,23). The number of rotatable bonds is 7. The van der Waals surface area contributed by atoms with Crippen LogP contribution in [-0.4, -0.2) is 29.8 Å². The first-order valence-corrected chi connectivity index (χ1v) is 7.87. The highest BCUT2D eigenvalue weighted by Gasteiger charge is 2.12. The van der Waals surface area contributed by atoms with Gasteiger partial charge in [-0.15, -0.1) is 0 Å². The molecule has 0 atom stereocenters. The summed E-state index contributed by atoms with van der Waals surface area (Å²) in [6.07, 6.45) is 0.616. The fraction of sp³-hybridized carbons (Fsp3) is 0.176. The molecule has 2 N–H and O–H groups in total. The van der Waals surface area contributed by atoms with Crippen LogP contribution in [0.5, 0.6) is 0 Å². The first kappa shape index (κ1) is 18.4. The summed E-state index contributed by atoms with van der Waals surface area (Å²) in [6.45, 7) is 0.197. The van der Waals surface area contributed by atoms with Gasteiger partial charge in [-0.1, -0.05) is 29.8 Å². The number of nitrogens with one attached hydrogen (secondary N) is 2. The number of nitro groups is 1. The van der Waals surface area contributed by atoms with Crippen molar-refractivity contribution >= 4 is 29.1 Å². The Kier molecular flexibility index (Phi) is 6.47. The van der Waals surface area contributed by atoms with E-state index in [1.54, 1.807) is 6.07 Å². The number of hydrogen-bond acceptors (Lipinski definition) is 4. The number of nitro benzene ring substituents is 1. The lowest BCUT2D eigenvalue weighted by Crippen LogP contribution is -2.37. The summed E-state index contributed by atoms with van der Waals surface area (Å²) in [5, 5.41) is 16.4. The summed E-state index contributed by atoms with van der Waals surface area (Å²) in [5.41, 5.74) is 0.938. The van der Waals surface area contributed by atoms with E-state index in [2.05, 4.69) is 10.6 Å². The van der Waals surface area contributed by atoms with Crippen molar-refractivity contribution in [3.63, 3.8) is 0 Å². The predicted octanol–water partition coefficient (Wildman–Crippen LogP) is 2.34. The molecule has 2 rings (SSSR count). The highest BCUT2D eigenvalue weighted by Crippen LogP contribution is 2.13. The number of carbonyl (C=O) groups is 2. The third-order valence-corrected chi connectivity index (χ3v) is 3.59. The molecule has 0 saturated carbocycles. The van der Waals surface area contributed by atoms with Crippen molar-refractivity contribution in [1.82, 2.24) is 10.6 Å². The van der Waals surface area contributed by atoms with E-state index in [1.165, 1.54) is 18.2 Å². The Morgan fingerprint density at radius 2 is 1.84 bits per heavy atom. The zero-order chi connectivity index (χ0) is 18.2. The Hall–Kier alpha value is -2.93. The van der Waals surface area contributed by atoms with E-state index in [0.717, 1.165) is 11.6 Å². The van der Waals surface area contributed by atoms with Crippen molar-refractivity contribution < 1.29 is 14.5 Å². The molecule has 130 valence electrons. The molecule has 0 aliphatic heterocycles. The summed E-state index contributed by atoms with van der Waals surface area (Å²) in [5.74, 6) is -0.894. The number of hydrogen-bond donors (Lipinski definition) is 2. The Labute approximate surface area is 149 Å². The molecule has 0 fully saturated rings. The summed E-state index contributed by atoms with van der Waals surface area (Å²) >= 11 is 5.88. The lowest BCUT2D eigenvalue weighted by Gasteiger charge is -2.07. The van der Waals surface area contributed by atoms with E-state index in [9.17, 15) is 19.7 Å². The SMILES string of the molecule is O=C(CNC(=O)c1cccc([N+](=O)[O-])c1)NCCc1cccc(Cl)c1. The quantitative estimate of drug-likeness (QED) is 0.583. The van der Waals surface area contributed by atoms with Crippen LogP contribution in [0.1, 0.15) is 15.9 Å². The van der Waals surface area contributed by atoms with Gasteiger partial charge in [0.1, 0.15) is 0 Å². The van der Waals surface area contributed by atoms with Crippen LogP contribution in [-0.2, 0) is 11.2 Å². The van der Waals surface area contributed by atoms with Crippen LogP contribution < -0.4 is 10.6 Å². The van der Waals surface area contributed by atoms with Gasteiger partial charge in [0, 0.05) is 29.3 Å². The maximum Gasteiger partial charge on any atom is 0.270 e. The molecule has 0 aromatic heterocycles. The predicted molar refractivity (Wildman–Crippen MR) is 93.6 cm³/mol. The molecule has 0 radical (unpaired) electrons. The fourth-order valence-corrected chi connectivity index (χ4v) is 2.34. The Bertz CT molecular complexity index is 795. The van der Waals surface area contributed by atoms with E-state index in [-0.39, 0.29) is 23.7 Å². The molecule has 0 saturated heterocycles. The van der Waals surface area contributed by atoms with Gasteiger partial charge in [0.25, 0.3) is 11.6 Å². The molecule has 25 heavy (non-hydrogen) atoms. The average Bonchev–Trinajstić information content (AvgIpc) is 2.60. The Balaban J connectivity index is 1.76. The number of carbonyl (C=O) groups excluding carboxylic acids is 2. The zero-order valence-corrected chi connectivity index (χ0v) is 14.0. The van der Waals surface area contributed by atoms with Gasteiger partial charge in [0.15, 0.2) is 0 Å². The molecule has 2 amide bonds. The minimum Gasteiger partial charge on any atom is -0.354 e. The monoisotopic (exact) mass is 361 g/mol. The molecule has 0 aliphatic carbocycles. The number of non-ortho nitro benzene ring substituents is 1.